The fourth-order valence-corrected chi connectivity index (χ4v) is 1.50. The van der Waals surface area contributed by atoms with E-state index in [4.69, 9.17) is 0 Å². The van der Waals surface area contributed by atoms with Crippen LogP contribution in [0.4, 0.5) is 19.0 Å². The maximum Gasteiger partial charge on any atom is 0.417 e. The van der Waals surface area contributed by atoms with Crippen molar-refractivity contribution in [3.63, 3.8) is 0 Å². The monoisotopic (exact) mass is 202 g/mol. The Kier molecular flexibility index (Phi) is 2.09. The number of hydrogen-bond acceptors (Lipinski definition) is 2. The molecule has 0 radical (unpaired) electrons. The molecule has 0 spiro atoms. The average molecular weight is 202 g/mol. The van der Waals surface area contributed by atoms with Crippen molar-refractivity contribution < 1.29 is 13.2 Å². The van der Waals surface area contributed by atoms with Crippen molar-refractivity contribution in [2.24, 2.45) is 0 Å². The van der Waals surface area contributed by atoms with Crippen molar-refractivity contribution in [3.05, 3.63) is 23.4 Å². The number of anilines is 1. The van der Waals surface area contributed by atoms with Gasteiger partial charge in [0.1, 0.15) is 5.82 Å². The first-order valence-corrected chi connectivity index (χ1v) is 4.37. The van der Waals surface area contributed by atoms with Crippen LogP contribution in [0.3, 0.4) is 0 Å². The molecule has 1 aliphatic rings. The Bertz CT molecular complexity index is 346. The van der Waals surface area contributed by atoms with Gasteiger partial charge in [0.05, 0.1) is 5.56 Å². The molecule has 2 nitrogen and oxygen atoms in total. The molecule has 0 unspecified atom stereocenters. The Morgan fingerprint density at radius 3 is 2.86 bits per heavy atom. The third kappa shape index (κ3) is 1.66. The van der Waals surface area contributed by atoms with Gasteiger partial charge in [-0.2, -0.15) is 13.2 Å². The number of fused-ring (bicyclic) bond motifs is 1. The number of rotatable bonds is 0. The van der Waals surface area contributed by atoms with Gasteiger partial charge >= 0.3 is 6.18 Å². The minimum Gasteiger partial charge on any atom is -0.370 e. The number of aromatic nitrogens is 1. The fourth-order valence-electron chi connectivity index (χ4n) is 1.50. The van der Waals surface area contributed by atoms with Crippen LogP contribution >= 0.6 is 0 Å². The van der Waals surface area contributed by atoms with E-state index in [1.54, 1.807) is 0 Å². The fraction of sp³-hybridized carbons (Fsp3) is 0.444. The third-order valence-electron chi connectivity index (χ3n) is 2.21. The van der Waals surface area contributed by atoms with E-state index in [9.17, 15) is 13.2 Å². The highest BCUT2D eigenvalue weighted by molar-refractivity contribution is 5.47. The zero-order valence-electron chi connectivity index (χ0n) is 7.36. The number of pyridine rings is 1. The van der Waals surface area contributed by atoms with Gasteiger partial charge in [0.25, 0.3) is 0 Å². The van der Waals surface area contributed by atoms with E-state index in [-0.39, 0.29) is 0 Å². The number of hydrogen-bond donors (Lipinski definition) is 1. The molecule has 5 heteroatoms. The average Bonchev–Trinajstić information content (AvgIpc) is 2.16. The van der Waals surface area contributed by atoms with E-state index in [1.165, 1.54) is 6.07 Å². The smallest absolute Gasteiger partial charge is 0.370 e. The summed E-state index contributed by atoms with van der Waals surface area (Å²) >= 11 is 0. The molecule has 0 bridgehead atoms. The minimum absolute atomic E-state index is 0.587. The Balaban J connectivity index is 2.39. The van der Waals surface area contributed by atoms with Crippen molar-refractivity contribution in [2.75, 3.05) is 11.9 Å². The molecule has 76 valence electrons. The van der Waals surface area contributed by atoms with Gasteiger partial charge in [0, 0.05) is 12.7 Å². The Hall–Kier alpha value is -1.26. The summed E-state index contributed by atoms with van der Waals surface area (Å²) in [6.45, 7) is 0.783. The Morgan fingerprint density at radius 2 is 2.14 bits per heavy atom. The van der Waals surface area contributed by atoms with Crippen LogP contribution in [0, 0.1) is 0 Å². The summed E-state index contributed by atoms with van der Waals surface area (Å²) in [5, 5.41) is 2.96. The van der Waals surface area contributed by atoms with Crippen LogP contribution in [0.5, 0.6) is 0 Å². The molecule has 1 N–H and O–H groups in total. The van der Waals surface area contributed by atoms with E-state index in [0.29, 0.717) is 17.8 Å². The summed E-state index contributed by atoms with van der Waals surface area (Å²) in [7, 11) is 0. The van der Waals surface area contributed by atoms with Crippen LogP contribution in [0.2, 0.25) is 0 Å². The van der Waals surface area contributed by atoms with Crippen LogP contribution in [-0.4, -0.2) is 11.5 Å². The van der Waals surface area contributed by atoms with Crippen LogP contribution in [0.1, 0.15) is 17.5 Å². The maximum absolute atomic E-state index is 12.3. The molecule has 1 aromatic rings. The molecule has 0 amide bonds. The van der Waals surface area contributed by atoms with E-state index in [1.807, 2.05) is 0 Å². The van der Waals surface area contributed by atoms with Gasteiger partial charge in [0.2, 0.25) is 0 Å². The number of halogens is 3. The van der Waals surface area contributed by atoms with Crippen LogP contribution in [0.15, 0.2) is 12.3 Å². The normalized spacial score (nSPS) is 15.9. The summed E-state index contributed by atoms with van der Waals surface area (Å²) < 4.78 is 36.9. The first kappa shape index (κ1) is 9.30. The van der Waals surface area contributed by atoms with Gasteiger partial charge in [-0.1, -0.05) is 0 Å². The molecule has 2 heterocycles. The van der Waals surface area contributed by atoms with Crippen molar-refractivity contribution in [1.29, 1.82) is 0 Å². The molecule has 0 fully saturated rings. The zero-order chi connectivity index (χ0) is 10.2. The van der Waals surface area contributed by atoms with Crippen molar-refractivity contribution in [3.8, 4) is 0 Å². The molecule has 0 aromatic carbocycles. The second-order valence-corrected chi connectivity index (χ2v) is 3.26. The summed E-state index contributed by atoms with van der Waals surface area (Å²) in [4.78, 5) is 3.75. The molecule has 14 heavy (non-hydrogen) atoms. The Morgan fingerprint density at radius 1 is 1.36 bits per heavy atom. The largest absolute Gasteiger partial charge is 0.417 e. The first-order chi connectivity index (χ1) is 6.57. The molecule has 1 aliphatic heterocycles. The SMILES string of the molecule is FC(F)(F)c1cnc2c(c1)CCCN2. The second kappa shape index (κ2) is 3.15. The van der Waals surface area contributed by atoms with Gasteiger partial charge in [0.15, 0.2) is 0 Å². The predicted molar refractivity (Wildman–Crippen MR) is 46.0 cm³/mol. The summed E-state index contributed by atoms with van der Waals surface area (Å²) in [6, 6.07) is 1.18. The predicted octanol–water partition coefficient (Wildman–Crippen LogP) is 2.46. The number of alkyl halides is 3. The topological polar surface area (TPSA) is 24.9 Å². The summed E-state index contributed by atoms with van der Waals surface area (Å²) in [5.74, 6) is 0.587. The zero-order valence-corrected chi connectivity index (χ0v) is 7.36. The molecule has 0 aliphatic carbocycles. The Labute approximate surface area is 79.2 Å². The first-order valence-electron chi connectivity index (χ1n) is 4.37. The third-order valence-corrected chi connectivity index (χ3v) is 2.21. The second-order valence-electron chi connectivity index (χ2n) is 3.26. The molecule has 2 rings (SSSR count). The van der Waals surface area contributed by atoms with Crippen molar-refractivity contribution in [1.82, 2.24) is 4.98 Å². The summed E-state index contributed by atoms with van der Waals surface area (Å²) in [6.07, 6.45) is -1.90. The highest BCUT2D eigenvalue weighted by Crippen LogP contribution is 2.31. The quantitative estimate of drug-likeness (QED) is 0.699. The standard InChI is InChI=1S/C9H9F3N2/c10-9(11,12)7-4-6-2-1-3-13-8(6)14-5-7/h4-5H,1-3H2,(H,13,14). The molecular formula is C9H9F3N2. The van der Waals surface area contributed by atoms with Crippen LogP contribution in [0.25, 0.3) is 0 Å². The minimum atomic E-state index is -4.29. The molecule has 0 atom stereocenters. The van der Waals surface area contributed by atoms with Crippen molar-refractivity contribution >= 4 is 5.82 Å². The van der Waals surface area contributed by atoms with E-state index >= 15 is 0 Å². The van der Waals surface area contributed by atoms with Crippen LogP contribution < -0.4 is 5.32 Å². The molecule has 1 aromatic heterocycles. The lowest BCUT2D eigenvalue weighted by Crippen LogP contribution is -2.15. The van der Waals surface area contributed by atoms with Gasteiger partial charge < -0.3 is 5.32 Å². The van der Waals surface area contributed by atoms with Gasteiger partial charge in [-0.15, -0.1) is 0 Å². The number of nitrogens with one attached hydrogen (secondary N) is 1. The van der Waals surface area contributed by atoms with E-state index in [2.05, 4.69) is 10.3 Å². The van der Waals surface area contributed by atoms with Crippen LogP contribution in [-0.2, 0) is 12.6 Å². The maximum atomic E-state index is 12.3. The lowest BCUT2D eigenvalue weighted by molar-refractivity contribution is -0.137. The lowest BCUT2D eigenvalue weighted by Gasteiger charge is -2.17. The van der Waals surface area contributed by atoms with Gasteiger partial charge in [-0.25, -0.2) is 4.98 Å². The highest BCUT2D eigenvalue weighted by atomic mass is 19.4. The van der Waals surface area contributed by atoms with E-state index in [0.717, 1.165) is 19.2 Å². The number of nitrogens with zero attached hydrogens (tertiary/aromatic N) is 1. The van der Waals surface area contributed by atoms with E-state index < -0.39 is 11.7 Å². The number of aryl methyl sites for hydroxylation is 1. The molecule has 0 saturated heterocycles. The summed E-state index contributed by atoms with van der Waals surface area (Å²) in [5.41, 5.74) is -0.00831. The van der Waals surface area contributed by atoms with Gasteiger partial charge in [-0.3, -0.25) is 0 Å². The van der Waals surface area contributed by atoms with Crippen molar-refractivity contribution in [2.45, 2.75) is 19.0 Å². The lowest BCUT2D eigenvalue weighted by atomic mass is 10.1. The highest BCUT2D eigenvalue weighted by Gasteiger charge is 2.31. The molecule has 0 saturated carbocycles. The molecular weight excluding hydrogens is 193 g/mol. The van der Waals surface area contributed by atoms with Gasteiger partial charge in [-0.05, 0) is 24.5 Å².